The first-order valence-corrected chi connectivity index (χ1v) is 10.4. The van der Waals surface area contributed by atoms with Crippen molar-refractivity contribution in [2.24, 2.45) is 11.8 Å². The monoisotopic (exact) mass is 424 g/mol. The van der Waals surface area contributed by atoms with Crippen LogP contribution in [-0.2, 0) is 12.3 Å². The summed E-state index contributed by atoms with van der Waals surface area (Å²) in [5.41, 5.74) is 0.0990. The zero-order valence-corrected chi connectivity index (χ0v) is 16.6. The molecule has 0 spiro atoms. The van der Waals surface area contributed by atoms with Crippen molar-refractivity contribution >= 4 is 26.7 Å². The number of hydrogen-bond acceptors (Lipinski definition) is 0. The molecule has 0 aliphatic heterocycles. The molecule has 0 saturated heterocycles. The molecular weight excluding hydrogens is 401 g/mol. The van der Waals surface area contributed by atoms with E-state index in [1.165, 1.54) is 12.5 Å². The first kappa shape index (κ1) is 18.3. The average Bonchev–Trinajstić information content (AvgIpc) is 2.84. The minimum Gasteiger partial charge on any atom is -0.206 e. The van der Waals surface area contributed by atoms with Gasteiger partial charge in [-0.3, -0.25) is 0 Å². The minimum absolute atomic E-state index is 0.129. The van der Waals surface area contributed by atoms with E-state index in [0.717, 1.165) is 37.5 Å². The van der Waals surface area contributed by atoms with Crippen molar-refractivity contribution in [3.63, 3.8) is 0 Å². The van der Waals surface area contributed by atoms with Gasteiger partial charge in [0.15, 0.2) is 0 Å². The Morgan fingerprint density at radius 2 is 1.81 bits per heavy atom. The van der Waals surface area contributed by atoms with E-state index in [1.807, 2.05) is 18.2 Å². The fourth-order valence-corrected chi connectivity index (χ4v) is 6.14. The molecule has 0 amide bonds. The maximum Gasteiger partial charge on any atom is 0.291 e. The topological polar surface area (TPSA) is 0 Å². The van der Waals surface area contributed by atoms with Crippen molar-refractivity contribution in [3.05, 3.63) is 47.3 Å². The van der Waals surface area contributed by atoms with E-state index in [0.29, 0.717) is 16.9 Å². The number of alkyl halides is 3. The Labute approximate surface area is 161 Å². The quantitative estimate of drug-likeness (QED) is 0.451. The smallest absolute Gasteiger partial charge is 0.206 e. The van der Waals surface area contributed by atoms with E-state index in [9.17, 15) is 4.39 Å². The van der Waals surface area contributed by atoms with Gasteiger partial charge in [-0.1, -0.05) is 72.8 Å². The average molecular weight is 425 g/mol. The first-order valence-electron chi connectivity index (χ1n) is 9.65. The third kappa shape index (κ3) is 2.63. The molecule has 0 N–H and O–H groups in total. The van der Waals surface area contributed by atoms with Crippen LogP contribution in [0.2, 0.25) is 0 Å². The summed E-state index contributed by atoms with van der Waals surface area (Å²) in [6.07, 6.45) is 6.10. The minimum atomic E-state index is -3.20. The fraction of sp³-hybridized carbons (Fsp3) is 0.545. The van der Waals surface area contributed by atoms with Crippen molar-refractivity contribution in [1.82, 2.24) is 0 Å². The second-order valence-electron chi connectivity index (χ2n) is 8.05. The lowest BCUT2D eigenvalue weighted by Gasteiger charge is -2.41. The molecular formula is C22H24BrF3. The molecule has 0 aromatic heterocycles. The van der Waals surface area contributed by atoms with Crippen molar-refractivity contribution in [3.8, 4) is 0 Å². The Balaban J connectivity index is 1.73. The van der Waals surface area contributed by atoms with Gasteiger partial charge in [-0.15, -0.1) is 0 Å². The Hall–Kier alpha value is -1.03. The van der Waals surface area contributed by atoms with E-state index in [-0.39, 0.29) is 17.9 Å². The standard InChI is InChI=1S/C22H24BrF3/c1-2-5-14-8-10-16(11-9-14)21(23)13-18-17-7-4-3-6-15(17)12-19(24)20(18)22(21,25)26/h3-4,6-7,12,14,16H,2,5,8-11,13H2,1H3. The van der Waals surface area contributed by atoms with E-state index in [4.69, 9.17) is 0 Å². The predicted octanol–water partition coefficient (Wildman–Crippen LogP) is 7.37. The molecule has 2 aliphatic rings. The number of rotatable bonds is 3. The zero-order valence-electron chi connectivity index (χ0n) is 15.0. The maximum atomic E-state index is 15.5. The van der Waals surface area contributed by atoms with Crippen LogP contribution in [0.1, 0.15) is 56.6 Å². The summed E-state index contributed by atoms with van der Waals surface area (Å²) < 4.78 is 44.4. The first-order chi connectivity index (χ1) is 12.4. The lowest BCUT2D eigenvalue weighted by molar-refractivity contribution is -0.0606. The molecule has 0 radical (unpaired) electrons. The summed E-state index contributed by atoms with van der Waals surface area (Å²) in [4.78, 5) is 0. The third-order valence-corrected chi connectivity index (χ3v) is 8.00. The van der Waals surface area contributed by atoms with Gasteiger partial charge in [-0.25, -0.2) is 4.39 Å². The number of halogens is 4. The third-order valence-electron chi connectivity index (χ3n) is 6.57. The van der Waals surface area contributed by atoms with Crippen LogP contribution in [0.3, 0.4) is 0 Å². The molecule has 1 saturated carbocycles. The number of hydrogen-bond donors (Lipinski definition) is 0. The zero-order chi connectivity index (χ0) is 18.5. The summed E-state index contributed by atoms with van der Waals surface area (Å²) in [7, 11) is 0. The maximum absolute atomic E-state index is 15.5. The van der Waals surface area contributed by atoms with Crippen LogP contribution in [0.5, 0.6) is 0 Å². The highest BCUT2D eigenvalue weighted by Crippen LogP contribution is 2.61. The predicted molar refractivity (Wildman–Crippen MR) is 104 cm³/mol. The molecule has 4 rings (SSSR count). The molecule has 4 heteroatoms. The van der Waals surface area contributed by atoms with Crippen molar-refractivity contribution in [2.75, 3.05) is 0 Å². The summed E-state index contributed by atoms with van der Waals surface area (Å²) in [5.74, 6) is -3.44. The molecule has 140 valence electrons. The van der Waals surface area contributed by atoms with Crippen LogP contribution < -0.4 is 0 Å². The SMILES string of the molecule is CCCC1CCC(C2(Br)Cc3c(c(F)cc4ccccc34)C2(F)F)CC1. The van der Waals surface area contributed by atoms with Gasteiger partial charge in [0.2, 0.25) is 0 Å². The van der Waals surface area contributed by atoms with E-state index < -0.39 is 16.1 Å². The van der Waals surface area contributed by atoms with Crippen LogP contribution in [-0.4, -0.2) is 4.32 Å². The van der Waals surface area contributed by atoms with E-state index >= 15 is 8.78 Å². The molecule has 2 aromatic rings. The molecule has 1 atom stereocenters. The second-order valence-corrected chi connectivity index (χ2v) is 9.47. The van der Waals surface area contributed by atoms with Gasteiger partial charge >= 0.3 is 0 Å². The summed E-state index contributed by atoms with van der Waals surface area (Å²) in [6.45, 7) is 2.17. The summed E-state index contributed by atoms with van der Waals surface area (Å²) in [6, 6.07) is 8.54. The fourth-order valence-electron chi connectivity index (χ4n) is 5.20. The lowest BCUT2D eigenvalue weighted by atomic mass is 9.72. The molecule has 1 unspecified atom stereocenters. The van der Waals surface area contributed by atoms with Crippen molar-refractivity contribution in [1.29, 1.82) is 0 Å². The highest BCUT2D eigenvalue weighted by Gasteiger charge is 2.63. The molecule has 26 heavy (non-hydrogen) atoms. The largest absolute Gasteiger partial charge is 0.291 e. The second kappa shape index (κ2) is 6.54. The van der Waals surface area contributed by atoms with Gasteiger partial charge in [0.25, 0.3) is 5.92 Å². The van der Waals surface area contributed by atoms with Gasteiger partial charge < -0.3 is 0 Å². The van der Waals surface area contributed by atoms with Crippen LogP contribution >= 0.6 is 15.9 Å². The molecule has 0 heterocycles. The molecule has 1 fully saturated rings. The van der Waals surface area contributed by atoms with E-state index in [1.54, 1.807) is 6.07 Å². The highest BCUT2D eigenvalue weighted by atomic mass is 79.9. The van der Waals surface area contributed by atoms with Gasteiger partial charge in [0, 0.05) is 0 Å². The van der Waals surface area contributed by atoms with Gasteiger partial charge in [-0.05, 0) is 53.5 Å². The van der Waals surface area contributed by atoms with Gasteiger partial charge in [-0.2, -0.15) is 8.78 Å². The lowest BCUT2D eigenvalue weighted by Crippen LogP contribution is -2.45. The number of benzene rings is 2. The summed E-state index contributed by atoms with van der Waals surface area (Å²) >= 11 is 3.47. The van der Waals surface area contributed by atoms with Gasteiger partial charge in [0.05, 0.1) is 5.56 Å². The van der Waals surface area contributed by atoms with Crippen molar-refractivity contribution in [2.45, 2.75) is 62.1 Å². The molecule has 0 bridgehead atoms. The summed E-state index contributed by atoms with van der Waals surface area (Å²) in [5, 5.41) is 1.45. The Bertz CT molecular complexity index is 823. The Morgan fingerprint density at radius 3 is 2.50 bits per heavy atom. The highest BCUT2D eigenvalue weighted by molar-refractivity contribution is 9.10. The molecule has 0 nitrogen and oxygen atoms in total. The van der Waals surface area contributed by atoms with Gasteiger partial charge in [0.1, 0.15) is 10.1 Å². The van der Waals surface area contributed by atoms with Crippen LogP contribution in [0, 0.1) is 17.7 Å². The van der Waals surface area contributed by atoms with Crippen molar-refractivity contribution < 1.29 is 13.2 Å². The van der Waals surface area contributed by atoms with Crippen LogP contribution in [0.25, 0.3) is 10.8 Å². The van der Waals surface area contributed by atoms with Crippen LogP contribution in [0.4, 0.5) is 13.2 Å². The molecule has 2 aliphatic carbocycles. The molecule has 2 aromatic carbocycles. The Kier molecular flexibility index (Phi) is 4.61. The van der Waals surface area contributed by atoms with E-state index in [2.05, 4.69) is 22.9 Å². The van der Waals surface area contributed by atoms with Crippen LogP contribution in [0.15, 0.2) is 30.3 Å². The Morgan fingerprint density at radius 1 is 1.12 bits per heavy atom. The normalized spacial score (nSPS) is 30.5. The number of fused-ring (bicyclic) bond motifs is 3.